The van der Waals surface area contributed by atoms with Gasteiger partial charge < -0.3 is 10.6 Å². The van der Waals surface area contributed by atoms with Crippen LogP contribution in [0.2, 0.25) is 0 Å². The van der Waals surface area contributed by atoms with Crippen molar-refractivity contribution in [3.8, 4) is 6.07 Å². The molecule has 1 aromatic carbocycles. The van der Waals surface area contributed by atoms with Crippen molar-refractivity contribution >= 4 is 5.69 Å². The quantitative estimate of drug-likeness (QED) is 0.815. The molecule has 3 nitrogen and oxygen atoms in total. The number of nitriles is 1. The van der Waals surface area contributed by atoms with Gasteiger partial charge in [-0.1, -0.05) is 0 Å². The van der Waals surface area contributed by atoms with Gasteiger partial charge in [-0.25, -0.2) is 4.39 Å². The zero-order chi connectivity index (χ0) is 11.4. The van der Waals surface area contributed by atoms with Crippen LogP contribution in [0.5, 0.6) is 0 Å². The van der Waals surface area contributed by atoms with Crippen molar-refractivity contribution in [3.63, 3.8) is 0 Å². The zero-order valence-electron chi connectivity index (χ0n) is 8.96. The molecule has 0 bridgehead atoms. The summed E-state index contributed by atoms with van der Waals surface area (Å²) in [7, 11) is 0. The van der Waals surface area contributed by atoms with Crippen LogP contribution in [0.15, 0.2) is 18.2 Å². The lowest BCUT2D eigenvalue weighted by atomic mass is 10.2. The van der Waals surface area contributed by atoms with Crippen molar-refractivity contribution in [1.82, 2.24) is 5.32 Å². The molecule has 0 aliphatic carbocycles. The highest BCUT2D eigenvalue weighted by Gasteiger charge is 2.13. The number of halogens is 1. The van der Waals surface area contributed by atoms with E-state index in [9.17, 15) is 4.39 Å². The summed E-state index contributed by atoms with van der Waals surface area (Å²) in [6, 6.07) is 6.71. The molecule has 16 heavy (non-hydrogen) atoms. The van der Waals surface area contributed by atoms with Crippen LogP contribution in [0, 0.1) is 17.1 Å². The van der Waals surface area contributed by atoms with Gasteiger partial charge in [0, 0.05) is 18.3 Å². The Bertz CT molecular complexity index is 405. The number of anilines is 1. The normalized spacial score (nSPS) is 19.4. The first kappa shape index (κ1) is 10.9. The van der Waals surface area contributed by atoms with Gasteiger partial charge in [-0.3, -0.25) is 0 Å². The molecule has 1 aromatic rings. The Hall–Kier alpha value is -1.60. The summed E-state index contributed by atoms with van der Waals surface area (Å²) < 4.78 is 13.1. The summed E-state index contributed by atoms with van der Waals surface area (Å²) >= 11 is 0. The number of nitrogens with zero attached hydrogens (tertiary/aromatic N) is 1. The molecule has 2 N–H and O–H groups in total. The zero-order valence-corrected chi connectivity index (χ0v) is 8.96. The summed E-state index contributed by atoms with van der Waals surface area (Å²) in [5, 5.41) is 15.2. The number of hydrogen-bond acceptors (Lipinski definition) is 3. The van der Waals surface area contributed by atoms with Crippen LogP contribution in [-0.4, -0.2) is 19.1 Å². The Balaban J connectivity index is 1.98. The van der Waals surface area contributed by atoms with Gasteiger partial charge in [0.1, 0.15) is 5.82 Å². The lowest BCUT2D eigenvalue weighted by Crippen LogP contribution is -2.29. The van der Waals surface area contributed by atoms with E-state index in [4.69, 9.17) is 5.26 Å². The van der Waals surface area contributed by atoms with E-state index in [0.717, 1.165) is 19.5 Å². The third kappa shape index (κ3) is 2.71. The number of hydrogen-bond donors (Lipinski definition) is 2. The molecule has 1 aliphatic heterocycles. The monoisotopic (exact) mass is 219 g/mol. The second-order valence-electron chi connectivity index (χ2n) is 4.01. The predicted molar refractivity (Wildman–Crippen MR) is 60.6 cm³/mol. The number of rotatable bonds is 3. The van der Waals surface area contributed by atoms with Crippen molar-refractivity contribution in [2.24, 2.45) is 0 Å². The molecule has 84 valence electrons. The van der Waals surface area contributed by atoms with Crippen LogP contribution < -0.4 is 10.6 Å². The van der Waals surface area contributed by atoms with E-state index in [-0.39, 0.29) is 5.82 Å². The van der Waals surface area contributed by atoms with Gasteiger partial charge in [-0.15, -0.1) is 0 Å². The van der Waals surface area contributed by atoms with Crippen molar-refractivity contribution in [2.45, 2.75) is 18.9 Å². The summed E-state index contributed by atoms with van der Waals surface area (Å²) in [4.78, 5) is 0. The summed E-state index contributed by atoms with van der Waals surface area (Å²) in [5.41, 5.74) is 1.02. The minimum atomic E-state index is -0.374. The molecule has 0 saturated carbocycles. The summed E-state index contributed by atoms with van der Waals surface area (Å²) in [6.45, 7) is 1.83. The van der Waals surface area contributed by atoms with Crippen LogP contribution in [0.1, 0.15) is 18.4 Å². The molecule has 0 radical (unpaired) electrons. The molecule has 0 aromatic heterocycles. The SMILES string of the molecule is N#Cc1cc(F)cc(NCC2CCCN2)c1. The van der Waals surface area contributed by atoms with Gasteiger partial charge in [0.25, 0.3) is 0 Å². The molecule has 1 fully saturated rings. The molecule has 1 heterocycles. The molecular weight excluding hydrogens is 205 g/mol. The number of nitrogens with one attached hydrogen (secondary N) is 2. The third-order valence-corrected chi connectivity index (χ3v) is 2.74. The standard InChI is InChI=1S/C12H14FN3/c13-10-4-9(7-14)5-12(6-10)16-8-11-2-1-3-15-11/h4-6,11,15-16H,1-3,8H2. The van der Waals surface area contributed by atoms with Gasteiger partial charge in [0.05, 0.1) is 11.6 Å². The van der Waals surface area contributed by atoms with Gasteiger partial charge in [-0.2, -0.15) is 5.26 Å². The molecule has 0 spiro atoms. The summed E-state index contributed by atoms with van der Waals surface area (Å²) in [5.74, 6) is -0.374. The Labute approximate surface area is 94.3 Å². The minimum Gasteiger partial charge on any atom is -0.383 e. The van der Waals surface area contributed by atoms with E-state index in [1.54, 1.807) is 6.07 Å². The summed E-state index contributed by atoms with van der Waals surface area (Å²) in [6.07, 6.45) is 2.34. The van der Waals surface area contributed by atoms with Crippen molar-refractivity contribution in [3.05, 3.63) is 29.6 Å². The Morgan fingerprint density at radius 3 is 3.06 bits per heavy atom. The van der Waals surface area contributed by atoms with Crippen LogP contribution in [-0.2, 0) is 0 Å². The third-order valence-electron chi connectivity index (χ3n) is 2.74. The van der Waals surface area contributed by atoms with Crippen LogP contribution >= 0.6 is 0 Å². The molecule has 4 heteroatoms. The maximum atomic E-state index is 13.1. The lowest BCUT2D eigenvalue weighted by molar-refractivity contribution is 0.623. The maximum absolute atomic E-state index is 13.1. The highest BCUT2D eigenvalue weighted by atomic mass is 19.1. The van der Waals surface area contributed by atoms with E-state index >= 15 is 0 Å². The second-order valence-corrected chi connectivity index (χ2v) is 4.01. The highest BCUT2D eigenvalue weighted by molar-refractivity contribution is 5.49. The first-order chi connectivity index (χ1) is 7.78. The molecule has 1 atom stereocenters. The largest absolute Gasteiger partial charge is 0.383 e. The van der Waals surface area contributed by atoms with Gasteiger partial charge in [0.2, 0.25) is 0 Å². The van der Waals surface area contributed by atoms with Crippen LogP contribution in [0.25, 0.3) is 0 Å². The Morgan fingerprint density at radius 2 is 2.38 bits per heavy atom. The van der Waals surface area contributed by atoms with E-state index in [2.05, 4.69) is 10.6 Å². The van der Waals surface area contributed by atoms with Crippen molar-refractivity contribution in [1.29, 1.82) is 5.26 Å². The van der Waals surface area contributed by atoms with E-state index < -0.39 is 0 Å². The fourth-order valence-corrected chi connectivity index (χ4v) is 1.93. The smallest absolute Gasteiger partial charge is 0.126 e. The molecular formula is C12H14FN3. The molecule has 2 rings (SSSR count). The van der Waals surface area contributed by atoms with Crippen molar-refractivity contribution in [2.75, 3.05) is 18.4 Å². The average Bonchev–Trinajstić information content (AvgIpc) is 2.78. The molecule has 1 aliphatic rings. The maximum Gasteiger partial charge on any atom is 0.126 e. The first-order valence-corrected chi connectivity index (χ1v) is 5.46. The highest BCUT2D eigenvalue weighted by Crippen LogP contribution is 2.14. The van der Waals surface area contributed by atoms with E-state index in [1.165, 1.54) is 18.6 Å². The Kier molecular flexibility index (Phi) is 3.37. The Morgan fingerprint density at radius 1 is 1.50 bits per heavy atom. The fraction of sp³-hybridized carbons (Fsp3) is 0.417. The topological polar surface area (TPSA) is 47.9 Å². The van der Waals surface area contributed by atoms with Gasteiger partial charge >= 0.3 is 0 Å². The molecule has 0 amide bonds. The minimum absolute atomic E-state index is 0.349. The number of benzene rings is 1. The van der Waals surface area contributed by atoms with E-state index in [0.29, 0.717) is 17.3 Å². The van der Waals surface area contributed by atoms with Crippen molar-refractivity contribution < 1.29 is 4.39 Å². The lowest BCUT2D eigenvalue weighted by Gasteiger charge is -2.12. The molecule has 1 saturated heterocycles. The van der Waals surface area contributed by atoms with E-state index in [1.807, 2.05) is 6.07 Å². The van der Waals surface area contributed by atoms with Gasteiger partial charge in [0.15, 0.2) is 0 Å². The molecule has 1 unspecified atom stereocenters. The first-order valence-electron chi connectivity index (χ1n) is 5.46. The van der Waals surface area contributed by atoms with Crippen LogP contribution in [0.4, 0.5) is 10.1 Å². The fourth-order valence-electron chi connectivity index (χ4n) is 1.93. The van der Waals surface area contributed by atoms with Gasteiger partial charge in [-0.05, 0) is 37.6 Å². The second kappa shape index (κ2) is 4.95. The predicted octanol–water partition coefficient (Wildman–Crippen LogP) is 1.86. The average molecular weight is 219 g/mol. The van der Waals surface area contributed by atoms with Crippen LogP contribution in [0.3, 0.4) is 0 Å².